The van der Waals surface area contributed by atoms with Crippen LogP contribution in [0.1, 0.15) is 20.8 Å². The van der Waals surface area contributed by atoms with Gasteiger partial charge in [-0.1, -0.05) is 19.9 Å². The summed E-state index contributed by atoms with van der Waals surface area (Å²) < 4.78 is 10.7. The van der Waals surface area contributed by atoms with Gasteiger partial charge in [-0.2, -0.15) is 0 Å². The molecular formula is C16H26N2O3. The molecule has 21 heavy (non-hydrogen) atoms. The normalized spacial score (nSPS) is 12.0. The molecule has 0 aliphatic carbocycles. The van der Waals surface area contributed by atoms with Crippen LogP contribution in [0, 0.1) is 0 Å². The number of carbonyl (C=O) groups is 1. The fourth-order valence-corrected chi connectivity index (χ4v) is 1.95. The lowest BCUT2D eigenvalue weighted by Gasteiger charge is -2.19. The van der Waals surface area contributed by atoms with Crippen LogP contribution in [0.5, 0.6) is 11.5 Å². The molecule has 1 aromatic carbocycles. The van der Waals surface area contributed by atoms with Crippen molar-refractivity contribution in [1.29, 1.82) is 0 Å². The number of carbonyl (C=O) groups excluding carboxylic acids is 1. The van der Waals surface area contributed by atoms with Crippen LogP contribution < -0.4 is 14.8 Å². The van der Waals surface area contributed by atoms with Crippen LogP contribution in [-0.2, 0) is 4.79 Å². The number of rotatable bonds is 9. The number of benzene rings is 1. The zero-order chi connectivity index (χ0) is 15.7. The Morgan fingerprint density at radius 2 is 1.95 bits per heavy atom. The predicted molar refractivity (Wildman–Crippen MR) is 83.9 cm³/mol. The summed E-state index contributed by atoms with van der Waals surface area (Å²) in [5.41, 5.74) is 0. The number of nitrogens with zero attached hydrogens (tertiary/aromatic N) is 1. The quantitative estimate of drug-likeness (QED) is 0.756. The third-order valence-corrected chi connectivity index (χ3v) is 3.34. The molecule has 1 atom stereocenters. The summed E-state index contributed by atoms with van der Waals surface area (Å²) in [5.74, 6) is 1.23. The predicted octanol–water partition coefficient (Wildman–Crippen LogP) is 1.92. The minimum atomic E-state index is -0.534. The SMILES string of the molecule is CCN(CC)CCNC(=O)C(C)Oc1cccc(OC)c1. The summed E-state index contributed by atoms with van der Waals surface area (Å²) in [7, 11) is 1.60. The highest BCUT2D eigenvalue weighted by Crippen LogP contribution is 2.19. The van der Waals surface area contributed by atoms with Gasteiger partial charge in [0, 0.05) is 19.2 Å². The van der Waals surface area contributed by atoms with Crippen LogP contribution in [0.25, 0.3) is 0 Å². The Labute approximate surface area is 127 Å². The zero-order valence-corrected chi connectivity index (χ0v) is 13.4. The van der Waals surface area contributed by atoms with E-state index in [-0.39, 0.29) is 5.91 Å². The van der Waals surface area contributed by atoms with Gasteiger partial charge in [0.15, 0.2) is 6.10 Å². The number of ether oxygens (including phenoxy) is 2. The van der Waals surface area contributed by atoms with Gasteiger partial charge in [0.25, 0.3) is 5.91 Å². The number of likely N-dealkylation sites (N-methyl/N-ethyl adjacent to an activating group) is 1. The maximum atomic E-state index is 12.0. The molecule has 0 aromatic heterocycles. The lowest BCUT2D eigenvalue weighted by Crippen LogP contribution is -2.40. The van der Waals surface area contributed by atoms with Gasteiger partial charge in [0.05, 0.1) is 7.11 Å². The molecule has 0 aliphatic rings. The smallest absolute Gasteiger partial charge is 0.260 e. The van der Waals surface area contributed by atoms with Crippen LogP contribution in [0.2, 0.25) is 0 Å². The van der Waals surface area contributed by atoms with E-state index in [0.717, 1.165) is 19.6 Å². The molecule has 5 heteroatoms. The molecule has 1 N–H and O–H groups in total. The molecule has 118 valence electrons. The first-order valence-electron chi connectivity index (χ1n) is 7.41. The Hall–Kier alpha value is -1.75. The van der Waals surface area contributed by atoms with Crippen LogP contribution >= 0.6 is 0 Å². The number of hydrogen-bond acceptors (Lipinski definition) is 4. The molecule has 0 heterocycles. The maximum Gasteiger partial charge on any atom is 0.260 e. The van der Waals surface area contributed by atoms with Crippen LogP contribution in [0.3, 0.4) is 0 Å². The summed E-state index contributed by atoms with van der Waals surface area (Å²) in [6.07, 6.45) is -0.534. The number of amides is 1. The van der Waals surface area contributed by atoms with Gasteiger partial charge in [0.2, 0.25) is 0 Å². The van der Waals surface area contributed by atoms with Crippen molar-refractivity contribution < 1.29 is 14.3 Å². The Morgan fingerprint density at radius 3 is 2.57 bits per heavy atom. The number of nitrogens with one attached hydrogen (secondary N) is 1. The molecule has 0 bridgehead atoms. The third-order valence-electron chi connectivity index (χ3n) is 3.34. The zero-order valence-electron chi connectivity index (χ0n) is 13.4. The van der Waals surface area contributed by atoms with Crippen molar-refractivity contribution in [1.82, 2.24) is 10.2 Å². The first kappa shape index (κ1) is 17.3. The Balaban J connectivity index is 2.40. The van der Waals surface area contributed by atoms with E-state index in [9.17, 15) is 4.79 Å². The van der Waals surface area contributed by atoms with Crippen molar-refractivity contribution in [3.8, 4) is 11.5 Å². The molecular weight excluding hydrogens is 268 g/mol. The minimum Gasteiger partial charge on any atom is -0.497 e. The largest absolute Gasteiger partial charge is 0.497 e. The first-order chi connectivity index (χ1) is 10.1. The van der Waals surface area contributed by atoms with E-state index in [1.165, 1.54) is 0 Å². The first-order valence-corrected chi connectivity index (χ1v) is 7.41. The van der Waals surface area contributed by atoms with Gasteiger partial charge in [0.1, 0.15) is 11.5 Å². The second-order valence-corrected chi connectivity index (χ2v) is 4.76. The number of methoxy groups -OCH3 is 1. The Bertz CT molecular complexity index is 433. The monoisotopic (exact) mass is 294 g/mol. The fraction of sp³-hybridized carbons (Fsp3) is 0.562. The van der Waals surface area contributed by atoms with Crippen LogP contribution in [0.15, 0.2) is 24.3 Å². The maximum absolute atomic E-state index is 12.0. The third kappa shape index (κ3) is 6.04. The Kier molecular flexibility index (Phi) is 7.61. The molecule has 0 saturated heterocycles. The van der Waals surface area contributed by atoms with Crippen molar-refractivity contribution in [3.63, 3.8) is 0 Å². The lowest BCUT2D eigenvalue weighted by atomic mass is 10.3. The summed E-state index contributed by atoms with van der Waals surface area (Å²) in [4.78, 5) is 14.2. The van der Waals surface area contributed by atoms with Crippen molar-refractivity contribution in [2.24, 2.45) is 0 Å². The fourth-order valence-electron chi connectivity index (χ4n) is 1.95. The average Bonchev–Trinajstić information content (AvgIpc) is 2.51. The van der Waals surface area contributed by atoms with Gasteiger partial charge >= 0.3 is 0 Å². The summed E-state index contributed by atoms with van der Waals surface area (Å²) in [5, 5.41) is 2.89. The summed E-state index contributed by atoms with van der Waals surface area (Å²) >= 11 is 0. The summed E-state index contributed by atoms with van der Waals surface area (Å²) in [6, 6.07) is 7.24. The number of hydrogen-bond donors (Lipinski definition) is 1. The second-order valence-electron chi connectivity index (χ2n) is 4.76. The molecule has 1 aromatic rings. The molecule has 5 nitrogen and oxygen atoms in total. The molecule has 0 radical (unpaired) electrons. The molecule has 1 rings (SSSR count). The van der Waals surface area contributed by atoms with E-state index in [4.69, 9.17) is 9.47 Å². The molecule has 0 fully saturated rings. The van der Waals surface area contributed by atoms with Gasteiger partial charge < -0.3 is 19.7 Å². The lowest BCUT2D eigenvalue weighted by molar-refractivity contribution is -0.127. The van der Waals surface area contributed by atoms with E-state index >= 15 is 0 Å². The molecule has 0 saturated carbocycles. The van der Waals surface area contributed by atoms with Crippen molar-refractivity contribution in [2.45, 2.75) is 26.9 Å². The van der Waals surface area contributed by atoms with E-state index in [1.54, 1.807) is 20.1 Å². The minimum absolute atomic E-state index is 0.107. The van der Waals surface area contributed by atoms with E-state index in [0.29, 0.717) is 18.0 Å². The molecule has 0 spiro atoms. The van der Waals surface area contributed by atoms with Gasteiger partial charge in [-0.25, -0.2) is 0 Å². The van der Waals surface area contributed by atoms with Crippen LogP contribution in [0.4, 0.5) is 0 Å². The highest BCUT2D eigenvalue weighted by Gasteiger charge is 2.14. The Morgan fingerprint density at radius 1 is 1.29 bits per heavy atom. The summed E-state index contributed by atoms with van der Waals surface area (Å²) in [6.45, 7) is 9.42. The molecule has 0 aliphatic heterocycles. The highest BCUT2D eigenvalue weighted by atomic mass is 16.5. The van der Waals surface area contributed by atoms with E-state index < -0.39 is 6.10 Å². The topological polar surface area (TPSA) is 50.8 Å². The average molecular weight is 294 g/mol. The standard InChI is InChI=1S/C16H26N2O3/c1-5-18(6-2)11-10-17-16(19)13(3)21-15-9-7-8-14(12-15)20-4/h7-9,12-13H,5-6,10-11H2,1-4H3,(H,17,19). The second kappa shape index (κ2) is 9.23. The molecule has 1 amide bonds. The van der Waals surface area contributed by atoms with Crippen molar-refractivity contribution in [3.05, 3.63) is 24.3 Å². The van der Waals surface area contributed by atoms with Gasteiger partial charge in [-0.05, 0) is 32.1 Å². The van der Waals surface area contributed by atoms with Gasteiger partial charge in [-0.3, -0.25) is 4.79 Å². The van der Waals surface area contributed by atoms with E-state index in [2.05, 4.69) is 24.1 Å². The molecule has 1 unspecified atom stereocenters. The van der Waals surface area contributed by atoms with Crippen molar-refractivity contribution in [2.75, 3.05) is 33.3 Å². The van der Waals surface area contributed by atoms with Crippen LogP contribution in [-0.4, -0.2) is 50.2 Å². The van der Waals surface area contributed by atoms with Crippen molar-refractivity contribution >= 4 is 5.91 Å². The van der Waals surface area contributed by atoms with E-state index in [1.807, 2.05) is 18.2 Å². The highest BCUT2D eigenvalue weighted by molar-refractivity contribution is 5.80. The van der Waals surface area contributed by atoms with Gasteiger partial charge in [-0.15, -0.1) is 0 Å².